The minimum atomic E-state index is -0.340. The number of nitriles is 2. The van der Waals surface area contributed by atoms with Crippen LogP contribution in [0.1, 0.15) is 41.6 Å². The second kappa shape index (κ2) is 12.2. The number of pyridine rings is 1. The van der Waals surface area contributed by atoms with Crippen LogP contribution in [0.4, 0.5) is 15.8 Å². The smallest absolute Gasteiger partial charge is 0.246 e. The van der Waals surface area contributed by atoms with Gasteiger partial charge < -0.3 is 24.3 Å². The number of benzene rings is 1. The SMILES string of the molecule is C=CC(=O)N1CCN(c2c(C#N)c(OC[C@@H]3CCCN3C)nc3c2CCN(c2c(C)cccc2F)C3)C[C@@H]1CC#N. The summed E-state index contributed by atoms with van der Waals surface area (Å²) in [6, 6.07) is 9.57. The van der Waals surface area contributed by atoms with Gasteiger partial charge in [-0.05, 0) is 57.5 Å². The third-order valence-corrected chi connectivity index (χ3v) is 8.58. The molecule has 3 aliphatic heterocycles. The second-order valence-electron chi connectivity index (χ2n) is 11.0. The second-order valence-corrected chi connectivity index (χ2v) is 11.0. The summed E-state index contributed by atoms with van der Waals surface area (Å²) in [6.45, 7) is 9.20. The number of aromatic nitrogens is 1. The fourth-order valence-electron chi connectivity index (χ4n) is 6.41. The Kier molecular flexibility index (Phi) is 8.41. The lowest BCUT2D eigenvalue weighted by molar-refractivity contribution is -0.128. The molecule has 2 atom stereocenters. The number of piperazine rings is 1. The van der Waals surface area contributed by atoms with Crippen LogP contribution < -0.4 is 14.5 Å². The van der Waals surface area contributed by atoms with Crippen molar-refractivity contribution in [3.63, 3.8) is 0 Å². The topological polar surface area (TPSA) is 99.7 Å². The number of carbonyl (C=O) groups excluding carboxylic acids is 1. The largest absolute Gasteiger partial charge is 0.475 e. The minimum Gasteiger partial charge on any atom is -0.475 e. The van der Waals surface area contributed by atoms with Gasteiger partial charge in [-0.1, -0.05) is 18.7 Å². The number of halogens is 1. The molecule has 2 fully saturated rings. The molecule has 214 valence electrons. The summed E-state index contributed by atoms with van der Waals surface area (Å²) in [7, 11) is 2.08. The summed E-state index contributed by atoms with van der Waals surface area (Å²) in [5, 5.41) is 19.9. The van der Waals surface area contributed by atoms with Gasteiger partial charge in [-0.15, -0.1) is 0 Å². The van der Waals surface area contributed by atoms with Crippen LogP contribution >= 0.6 is 0 Å². The molecule has 2 aromatic rings. The van der Waals surface area contributed by atoms with E-state index >= 15 is 0 Å². The van der Waals surface area contributed by atoms with E-state index in [2.05, 4.69) is 35.6 Å². The Morgan fingerprint density at radius 1 is 1.20 bits per heavy atom. The first-order valence-corrected chi connectivity index (χ1v) is 14.2. The number of anilines is 2. The molecule has 0 saturated carbocycles. The van der Waals surface area contributed by atoms with Crippen molar-refractivity contribution in [1.29, 1.82) is 10.5 Å². The summed E-state index contributed by atoms with van der Waals surface area (Å²) in [5.41, 5.74) is 4.24. The van der Waals surface area contributed by atoms with Crippen molar-refractivity contribution in [2.75, 3.05) is 56.2 Å². The number of hydrogen-bond donors (Lipinski definition) is 0. The van der Waals surface area contributed by atoms with E-state index in [1.807, 2.05) is 17.9 Å². The number of likely N-dealkylation sites (tertiary alicyclic amines) is 1. The van der Waals surface area contributed by atoms with E-state index in [1.54, 1.807) is 11.0 Å². The average Bonchev–Trinajstić information content (AvgIpc) is 3.39. The van der Waals surface area contributed by atoms with E-state index in [0.29, 0.717) is 57.0 Å². The van der Waals surface area contributed by atoms with Gasteiger partial charge in [0.1, 0.15) is 24.1 Å². The van der Waals surface area contributed by atoms with Crippen LogP contribution in [0.3, 0.4) is 0 Å². The van der Waals surface area contributed by atoms with Gasteiger partial charge in [0, 0.05) is 37.8 Å². The predicted molar refractivity (Wildman–Crippen MR) is 154 cm³/mol. The number of amides is 1. The van der Waals surface area contributed by atoms with Gasteiger partial charge in [0.15, 0.2) is 0 Å². The highest BCUT2D eigenvalue weighted by atomic mass is 19.1. The molecule has 0 N–H and O–H groups in total. The third-order valence-electron chi connectivity index (χ3n) is 8.58. The van der Waals surface area contributed by atoms with Gasteiger partial charge in [-0.2, -0.15) is 10.5 Å². The Morgan fingerprint density at radius 3 is 2.71 bits per heavy atom. The maximum Gasteiger partial charge on any atom is 0.246 e. The first-order chi connectivity index (χ1) is 19.9. The molecule has 1 aromatic heterocycles. The predicted octanol–water partition coefficient (Wildman–Crippen LogP) is 3.55. The van der Waals surface area contributed by atoms with E-state index in [9.17, 15) is 19.7 Å². The lowest BCUT2D eigenvalue weighted by Gasteiger charge is -2.43. The molecule has 0 unspecified atom stereocenters. The third kappa shape index (κ3) is 5.57. The van der Waals surface area contributed by atoms with Gasteiger partial charge in [0.2, 0.25) is 11.8 Å². The molecule has 0 radical (unpaired) electrons. The Hall–Kier alpha value is -4.15. The molecule has 10 heteroatoms. The maximum atomic E-state index is 14.9. The van der Waals surface area contributed by atoms with E-state index in [1.165, 1.54) is 12.1 Å². The summed E-state index contributed by atoms with van der Waals surface area (Å²) in [6.07, 6.45) is 4.14. The fraction of sp³-hybridized carbons (Fsp3) is 0.484. The number of carbonyl (C=O) groups is 1. The number of hydrogen-bond acceptors (Lipinski definition) is 8. The Labute approximate surface area is 241 Å². The molecular weight excluding hydrogens is 521 g/mol. The van der Waals surface area contributed by atoms with Crippen molar-refractivity contribution in [3.8, 4) is 18.0 Å². The lowest BCUT2D eigenvalue weighted by Crippen LogP contribution is -2.55. The van der Waals surface area contributed by atoms with Crippen LogP contribution in [0.15, 0.2) is 30.9 Å². The van der Waals surface area contributed by atoms with Gasteiger partial charge in [0.05, 0.1) is 42.1 Å². The molecule has 0 bridgehead atoms. The average molecular weight is 558 g/mol. The number of aryl methyl sites for hydroxylation is 1. The number of likely N-dealkylation sites (N-methyl/N-ethyl adjacent to an activating group) is 1. The van der Waals surface area contributed by atoms with Gasteiger partial charge in [-0.25, -0.2) is 9.37 Å². The van der Waals surface area contributed by atoms with E-state index in [-0.39, 0.29) is 36.1 Å². The summed E-state index contributed by atoms with van der Waals surface area (Å²) in [5.74, 6) is -0.191. The molecular formula is C31H36FN7O2. The zero-order valence-corrected chi connectivity index (χ0v) is 23.8. The summed E-state index contributed by atoms with van der Waals surface area (Å²) >= 11 is 0. The summed E-state index contributed by atoms with van der Waals surface area (Å²) < 4.78 is 21.2. The van der Waals surface area contributed by atoms with E-state index < -0.39 is 0 Å². The van der Waals surface area contributed by atoms with Gasteiger partial charge in [0.25, 0.3) is 0 Å². The van der Waals surface area contributed by atoms with Crippen molar-refractivity contribution in [2.24, 2.45) is 0 Å². The fourth-order valence-corrected chi connectivity index (χ4v) is 6.41. The standard InChI is InChI=1S/C31H36FN7O2/c1-4-28(40)39-16-15-38(18-22(39)10-12-33)30-24-11-14-37(29-21(2)7-5-9-26(29)32)19-27(24)35-31(25(30)17-34)41-20-23-8-6-13-36(23)3/h4-5,7,9,22-23H,1,6,8,10-11,13-16,18-20H2,2-3H3/t22-,23-/m0/s1. The quantitative estimate of drug-likeness (QED) is 0.477. The van der Waals surface area contributed by atoms with Gasteiger partial charge >= 0.3 is 0 Å². The molecule has 9 nitrogen and oxygen atoms in total. The minimum absolute atomic E-state index is 0.170. The van der Waals surface area contributed by atoms with Crippen LogP contribution in [0.5, 0.6) is 5.88 Å². The van der Waals surface area contributed by atoms with Crippen LogP contribution in [0.25, 0.3) is 0 Å². The maximum absolute atomic E-state index is 14.9. The molecule has 2 saturated heterocycles. The van der Waals surface area contributed by atoms with Gasteiger partial charge in [-0.3, -0.25) is 4.79 Å². The number of rotatable bonds is 7. The lowest BCUT2D eigenvalue weighted by atomic mass is 9.96. The molecule has 0 spiro atoms. The molecule has 3 aliphatic rings. The molecule has 4 heterocycles. The first-order valence-electron chi connectivity index (χ1n) is 14.2. The monoisotopic (exact) mass is 557 g/mol. The van der Waals surface area contributed by atoms with E-state index in [4.69, 9.17) is 9.72 Å². The highest BCUT2D eigenvalue weighted by Crippen LogP contribution is 2.39. The Morgan fingerprint density at radius 2 is 2.02 bits per heavy atom. The zero-order valence-electron chi connectivity index (χ0n) is 23.8. The Bertz CT molecular complexity index is 1390. The van der Waals surface area contributed by atoms with Crippen LogP contribution in [0, 0.1) is 35.4 Å². The van der Waals surface area contributed by atoms with Crippen molar-refractivity contribution >= 4 is 17.3 Å². The normalized spacial score (nSPS) is 20.8. The van der Waals surface area contributed by atoms with Crippen LogP contribution in [-0.2, 0) is 17.8 Å². The van der Waals surface area contributed by atoms with Crippen LogP contribution in [-0.4, -0.2) is 79.2 Å². The number of ether oxygens (including phenoxy) is 1. The number of fused-ring (bicyclic) bond motifs is 1. The highest BCUT2D eigenvalue weighted by Gasteiger charge is 2.35. The molecule has 1 amide bonds. The highest BCUT2D eigenvalue weighted by molar-refractivity contribution is 5.87. The van der Waals surface area contributed by atoms with Crippen molar-refractivity contribution in [2.45, 2.75) is 51.2 Å². The molecule has 41 heavy (non-hydrogen) atoms. The molecule has 5 rings (SSSR count). The zero-order chi connectivity index (χ0) is 29.1. The first kappa shape index (κ1) is 28.4. The number of nitrogens with zero attached hydrogens (tertiary/aromatic N) is 7. The Balaban J connectivity index is 1.55. The summed E-state index contributed by atoms with van der Waals surface area (Å²) in [4.78, 5) is 25.5. The molecule has 0 aliphatic carbocycles. The van der Waals surface area contributed by atoms with Crippen LogP contribution in [0.2, 0.25) is 0 Å². The van der Waals surface area contributed by atoms with Crippen molar-refractivity contribution < 1.29 is 13.9 Å². The molecule has 1 aromatic carbocycles. The van der Waals surface area contributed by atoms with Crippen molar-refractivity contribution in [3.05, 3.63) is 59.1 Å². The van der Waals surface area contributed by atoms with E-state index in [0.717, 1.165) is 41.9 Å². The van der Waals surface area contributed by atoms with Crippen molar-refractivity contribution in [1.82, 2.24) is 14.8 Å². The number of para-hydroxylation sites is 1.